The summed E-state index contributed by atoms with van der Waals surface area (Å²) in [6.07, 6.45) is 5.60. The van der Waals surface area contributed by atoms with Gasteiger partial charge < -0.3 is 10.6 Å². The zero-order valence-corrected chi connectivity index (χ0v) is 20.2. The first kappa shape index (κ1) is 23.1. The summed E-state index contributed by atoms with van der Waals surface area (Å²) in [5, 5.41) is 4.96. The van der Waals surface area contributed by atoms with Crippen LogP contribution < -0.4 is 5.73 Å². The van der Waals surface area contributed by atoms with Crippen molar-refractivity contribution in [2.45, 2.75) is 63.1 Å². The smallest absolute Gasteiger partial charge is 0.269 e. The third kappa shape index (κ3) is 4.05. The van der Waals surface area contributed by atoms with Gasteiger partial charge in [0.1, 0.15) is 12.4 Å². The molecule has 2 aliphatic carbocycles. The highest BCUT2D eigenvalue weighted by Crippen LogP contribution is 2.48. The van der Waals surface area contributed by atoms with E-state index in [2.05, 4.69) is 10.1 Å². The standard InChI is InChI=1S/C26H25ClFN5O3/c27-17-3-1-2-14(24(17)28)6-7-22(34)20-9-15-8-19(15)33(20)23(35)12-32-21-11-30-18(13-4-5-13)10-16(21)25(31-32)26(29)36/h1-3,10-11,13,15,19-20H,4-9,12H2,(H2,29,36)/t15-,19-,20+/m1/s1. The number of amides is 2. The van der Waals surface area contributed by atoms with Crippen molar-refractivity contribution >= 4 is 40.1 Å². The average Bonchev–Trinajstić information content (AvgIpc) is 3.78. The number of carbonyl (C=O) groups excluding carboxylic acids is 3. The average molecular weight is 510 g/mol. The largest absolute Gasteiger partial charge is 0.364 e. The summed E-state index contributed by atoms with van der Waals surface area (Å²) in [4.78, 5) is 44.8. The lowest BCUT2D eigenvalue weighted by Crippen LogP contribution is -2.44. The van der Waals surface area contributed by atoms with Crippen LogP contribution in [0.2, 0.25) is 5.02 Å². The van der Waals surface area contributed by atoms with Crippen molar-refractivity contribution in [3.8, 4) is 0 Å². The van der Waals surface area contributed by atoms with Crippen LogP contribution in [0.1, 0.15) is 59.8 Å². The summed E-state index contributed by atoms with van der Waals surface area (Å²) in [6, 6.07) is 6.08. The van der Waals surface area contributed by atoms with Gasteiger partial charge in [-0.15, -0.1) is 0 Å². The number of rotatable bonds is 8. The molecule has 3 fully saturated rings. The van der Waals surface area contributed by atoms with Crippen molar-refractivity contribution < 1.29 is 18.8 Å². The third-order valence-corrected chi connectivity index (χ3v) is 7.90. The number of likely N-dealkylation sites (tertiary alicyclic amines) is 1. The molecule has 2 saturated carbocycles. The molecule has 8 nitrogen and oxygen atoms in total. The number of halogens is 2. The fourth-order valence-electron chi connectivity index (χ4n) is 5.47. The molecule has 3 aromatic rings. The minimum absolute atomic E-state index is 0.0272. The van der Waals surface area contributed by atoms with E-state index in [1.807, 2.05) is 6.07 Å². The predicted molar refractivity (Wildman–Crippen MR) is 130 cm³/mol. The molecular formula is C26H25ClFN5O3. The number of ketones is 1. The molecule has 2 N–H and O–H groups in total. The zero-order chi connectivity index (χ0) is 25.1. The highest BCUT2D eigenvalue weighted by molar-refractivity contribution is 6.30. The molecule has 3 heterocycles. The van der Waals surface area contributed by atoms with Crippen molar-refractivity contribution in [1.29, 1.82) is 0 Å². The first-order chi connectivity index (χ1) is 17.3. The maximum absolute atomic E-state index is 14.2. The lowest BCUT2D eigenvalue weighted by atomic mass is 10.00. The number of piperidine rings is 1. The van der Waals surface area contributed by atoms with Crippen LogP contribution in [0.4, 0.5) is 4.39 Å². The Balaban J connectivity index is 1.21. The Morgan fingerprint density at radius 3 is 2.75 bits per heavy atom. The maximum atomic E-state index is 14.2. The molecule has 10 heteroatoms. The summed E-state index contributed by atoms with van der Waals surface area (Å²) in [6.45, 7) is -0.121. The maximum Gasteiger partial charge on any atom is 0.269 e. The number of aromatic nitrogens is 3. The quantitative estimate of drug-likeness (QED) is 0.500. The molecule has 2 amide bonds. The second-order valence-corrected chi connectivity index (χ2v) is 10.5. The summed E-state index contributed by atoms with van der Waals surface area (Å²) in [5.74, 6) is -0.798. The van der Waals surface area contributed by atoms with Crippen LogP contribution in [0.5, 0.6) is 0 Å². The van der Waals surface area contributed by atoms with Gasteiger partial charge in [0.15, 0.2) is 11.5 Å². The molecule has 0 bridgehead atoms. The molecule has 1 saturated heterocycles. The molecule has 6 rings (SSSR count). The van der Waals surface area contributed by atoms with E-state index in [0.29, 0.717) is 34.7 Å². The van der Waals surface area contributed by atoms with Crippen LogP contribution in [0.25, 0.3) is 10.9 Å². The Bertz CT molecular complexity index is 1420. The van der Waals surface area contributed by atoms with Crippen LogP contribution in [0.15, 0.2) is 30.5 Å². The number of carbonyl (C=O) groups is 3. The molecule has 0 spiro atoms. The number of nitrogens with two attached hydrogens (primary N) is 1. The van der Waals surface area contributed by atoms with Crippen molar-refractivity contribution in [2.75, 3.05) is 0 Å². The van der Waals surface area contributed by atoms with E-state index in [9.17, 15) is 18.8 Å². The van der Waals surface area contributed by atoms with Gasteiger partial charge in [0.05, 0.1) is 22.8 Å². The van der Waals surface area contributed by atoms with E-state index in [1.54, 1.807) is 23.2 Å². The van der Waals surface area contributed by atoms with Gasteiger partial charge in [-0.25, -0.2) is 4.39 Å². The number of pyridine rings is 1. The normalized spacial score (nSPS) is 22.6. The van der Waals surface area contributed by atoms with Crippen LogP contribution >= 0.6 is 11.6 Å². The van der Waals surface area contributed by atoms with E-state index in [4.69, 9.17) is 17.3 Å². The number of Topliss-reactive ketones (excluding diaryl/α,β-unsaturated/α-hetero) is 1. The Kier molecular flexibility index (Phi) is 5.55. The number of fused-ring (bicyclic) bond motifs is 2. The van der Waals surface area contributed by atoms with Crippen molar-refractivity contribution in [2.24, 2.45) is 11.7 Å². The van der Waals surface area contributed by atoms with Crippen LogP contribution in [0, 0.1) is 11.7 Å². The van der Waals surface area contributed by atoms with Crippen LogP contribution in [0.3, 0.4) is 0 Å². The monoisotopic (exact) mass is 509 g/mol. The molecule has 1 aliphatic heterocycles. The van der Waals surface area contributed by atoms with Gasteiger partial charge in [-0.1, -0.05) is 23.7 Å². The number of nitrogens with zero attached hydrogens (tertiary/aromatic N) is 4. The third-order valence-electron chi connectivity index (χ3n) is 7.61. The van der Waals surface area contributed by atoms with E-state index < -0.39 is 17.8 Å². The molecule has 186 valence electrons. The SMILES string of the molecule is NC(=O)c1nn(CC(=O)N2[C@@H]3C[C@@H]3C[C@H]2C(=O)CCc2cccc(Cl)c2F)c2cnc(C3CC3)cc12. The highest BCUT2D eigenvalue weighted by atomic mass is 35.5. The first-order valence-corrected chi connectivity index (χ1v) is 12.6. The minimum atomic E-state index is -0.663. The summed E-state index contributed by atoms with van der Waals surface area (Å²) >= 11 is 5.86. The van der Waals surface area contributed by atoms with Gasteiger partial charge in [-0.3, -0.25) is 24.0 Å². The molecule has 1 aromatic carbocycles. The van der Waals surface area contributed by atoms with Crippen molar-refractivity contribution in [3.63, 3.8) is 0 Å². The number of aryl methyl sites for hydroxylation is 1. The van der Waals surface area contributed by atoms with Crippen molar-refractivity contribution in [1.82, 2.24) is 19.7 Å². The van der Waals surface area contributed by atoms with Gasteiger partial charge in [-0.2, -0.15) is 5.10 Å². The van der Waals surface area contributed by atoms with E-state index in [1.165, 1.54) is 10.7 Å². The Morgan fingerprint density at radius 2 is 2.00 bits per heavy atom. The molecular weight excluding hydrogens is 485 g/mol. The predicted octanol–water partition coefficient (Wildman–Crippen LogP) is 3.39. The van der Waals surface area contributed by atoms with Crippen LogP contribution in [-0.4, -0.2) is 49.3 Å². The van der Waals surface area contributed by atoms with Gasteiger partial charge in [-0.05, 0) is 55.7 Å². The number of primary amides is 1. The van der Waals surface area contributed by atoms with Gasteiger partial charge in [0, 0.05) is 29.5 Å². The second-order valence-electron chi connectivity index (χ2n) is 10.1. The summed E-state index contributed by atoms with van der Waals surface area (Å²) in [7, 11) is 0. The Morgan fingerprint density at radius 1 is 1.19 bits per heavy atom. The lowest BCUT2D eigenvalue weighted by Gasteiger charge is -2.27. The number of benzene rings is 1. The lowest BCUT2D eigenvalue weighted by molar-refractivity contribution is -0.139. The summed E-state index contributed by atoms with van der Waals surface area (Å²) in [5.41, 5.74) is 7.53. The molecule has 3 aliphatic rings. The van der Waals surface area contributed by atoms with Gasteiger partial charge >= 0.3 is 0 Å². The second kappa shape index (κ2) is 8.65. The highest BCUT2D eigenvalue weighted by Gasteiger charge is 2.55. The van der Waals surface area contributed by atoms with Crippen LogP contribution in [-0.2, 0) is 22.6 Å². The van der Waals surface area contributed by atoms with E-state index >= 15 is 0 Å². The Labute approximate surface area is 211 Å². The molecule has 2 aromatic heterocycles. The Hall–Kier alpha value is -3.33. The fraction of sp³-hybridized carbons (Fsp3) is 0.423. The van der Waals surface area contributed by atoms with E-state index in [-0.39, 0.29) is 47.8 Å². The topological polar surface area (TPSA) is 111 Å². The minimum Gasteiger partial charge on any atom is -0.364 e. The molecule has 3 atom stereocenters. The number of hydrogen-bond acceptors (Lipinski definition) is 5. The fourth-order valence-corrected chi connectivity index (χ4v) is 5.67. The van der Waals surface area contributed by atoms with Crippen molar-refractivity contribution in [3.05, 3.63) is 58.3 Å². The first-order valence-electron chi connectivity index (χ1n) is 12.2. The molecule has 36 heavy (non-hydrogen) atoms. The summed E-state index contributed by atoms with van der Waals surface area (Å²) < 4.78 is 15.7. The van der Waals surface area contributed by atoms with Gasteiger partial charge in [0.2, 0.25) is 5.91 Å². The number of hydrogen-bond donors (Lipinski definition) is 1. The van der Waals surface area contributed by atoms with E-state index in [0.717, 1.165) is 25.0 Å². The zero-order valence-electron chi connectivity index (χ0n) is 19.5. The molecule has 0 unspecified atom stereocenters. The van der Waals surface area contributed by atoms with Gasteiger partial charge in [0.25, 0.3) is 5.91 Å². The molecule has 0 radical (unpaired) electrons.